The van der Waals surface area contributed by atoms with Crippen LogP contribution in [-0.4, -0.2) is 76.9 Å². The molecule has 6 N–H and O–H groups in total. The molecule has 0 saturated heterocycles. The van der Waals surface area contributed by atoms with Gasteiger partial charge in [-0.3, -0.25) is 14.4 Å². The molecule has 12 nitrogen and oxygen atoms in total. The van der Waals surface area contributed by atoms with Crippen LogP contribution in [0.15, 0.2) is 44.6 Å². The van der Waals surface area contributed by atoms with Crippen LogP contribution in [0.5, 0.6) is 23.0 Å². The molecule has 0 aliphatic heterocycles. The first-order valence-corrected chi connectivity index (χ1v) is 17.3. The molecule has 0 aliphatic carbocycles. The smallest absolute Gasteiger partial charge is 0.257 e. The molecule has 3 rings (SSSR count). The summed E-state index contributed by atoms with van der Waals surface area (Å²) in [5, 5.41) is 21.4. The number of phenolic OH excluding ortho intramolecular Hbond substituents is 1. The SMILES string of the molecule is COc1c(OCC=O)cc2oc3cc(OCC(=O)NCCCNCCCCNCCCN)c(CC=C(C)C)c(O)c3c(=O)c2c1CC=C(C)C. The van der Waals surface area contributed by atoms with Gasteiger partial charge in [-0.25, -0.2) is 0 Å². The lowest BCUT2D eigenvalue weighted by Gasteiger charge is -2.17. The van der Waals surface area contributed by atoms with E-state index in [1.165, 1.54) is 19.2 Å². The van der Waals surface area contributed by atoms with Gasteiger partial charge in [0.1, 0.15) is 34.7 Å². The van der Waals surface area contributed by atoms with E-state index in [1.807, 2.05) is 39.8 Å². The van der Waals surface area contributed by atoms with Crippen LogP contribution in [-0.2, 0) is 22.4 Å². The zero-order chi connectivity index (χ0) is 36.5. The molecule has 0 atom stereocenters. The monoisotopic (exact) mass is 694 g/mol. The van der Waals surface area contributed by atoms with E-state index in [1.54, 1.807) is 0 Å². The summed E-state index contributed by atoms with van der Waals surface area (Å²) in [5.41, 5.74) is 8.20. The molecule has 0 unspecified atom stereocenters. The second-order valence-corrected chi connectivity index (χ2v) is 12.6. The topological polar surface area (TPSA) is 174 Å². The molecular formula is C38H54N4O8. The second-order valence-electron chi connectivity index (χ2n) is 12.6. The normalized spacial score (nSPS) is 11.0. The van der Waals surface area contributed by atoms with Gasteiger partial charge in [-0.05, 0) is 98.9 Å². The van der Waals surface area contributed by atoms with Gasteiger partial charge < -0.3 is 45.4 Å². The highest BCUT2D eigenvalue weighted by Crippen LogP contribution is 2.41. The van der Waals surface area contributed by atoms with Gasteiger partial charge in [0.2, 0.25) is 5.43 Å². The summed E-state index contributed by atoms with van der Waals surface area (Å²) < 4.78 is 23.5. The van der Waals surface area contributed by atoms with E-state index in [0.29, 0.717) is 42.7 Å². The predicted octanol–water partition coefficient (Wildman–Crippen LogP) is 4.45. The number of allylic oxidation sites excluding steroid dienone is 4. The minimum Gasteiger partial charge on any atom is -0.507 e. The first-order valence-electron chi connectivity index (χ1n) is 17.3. The molecule has 1 aromatic heterocycles. The Kier molecular flexibility index (Phi) is 16.8. The summed E-state index contributed by atoms with van der Waals surface area (Å²) in [7, 11) is 1.46. The number of hydrogen-bond acceptors (Lipinski definition) is 11. The molecular weight excluding hydrogens is 640 g/mol. The number of ether oxygens (including phenoxy) is 3. The van der Waals surface area contributed by atoms with E-state index >= 15 is 0 Å². The van der Waals surface area contributed by atoms with E-state index < -0.39 is 5.43 Å². The maximum atomic E-state index is 14.2. The first-order chi connectivity index (χ1) is 24.1. The average Bonchev–Trinajstić information content (AvgIpc) is 3.08. The lowest BCUT2D eigenvalue weighted by atomic mass is 9.98. The van der Waals surface area contributed by atoms with Crippen molar-refractivity contribution in [1.82, 2.24) is 16.0 Å². The van der Waals surface area contributed by atoms with Crippen molar-refractivity contribution >= 4 is 34.1 Å². The van der Waals surface area contributed by atoms with E-state index in [0.717, 1.165) is 63.0 Å². The number of aldehydes is 1. The highest BCUT2D eigenvalue weighted by Gasteiger charge is 2.24. The third kappa shape index (κ3) is 11.6. The fourth-order valence-corrected chi connectivity index (χ4v) is 5.40. The molecule has 0 bridgehead atoms. The van der Waals surface area contributed by atoms with Gasteiger partial charge in [-0.15, -0.1) is 0 Å². The molecule has 50 heavy (non-hydrogen) atoms. The lowest BCUT2D eigenvalue weighted by Crippen LogP contribution is -2.31. The van der Waals surface area contributed by atoms with Gasteiger partial charge in [-0.1, -0.05) is 23.3 Å². The van der Waals surface area contributed by atoms with Crippen molar-refractivity contribution in [3.63, 3.8) is 0 Å². The number of nitrogens with two attached hydrogens (primary N) is 1. The molecule has 0 aliphatic rings. The molecule has 274 valence electrons. The Bertz CT molecular complexity index is 1710. The third-order valence-corrected chi connectivity index (χ3v) is 7.98. The summed E-state index contributed by atoms with van der Waals surface area (Å²) >= 11 is 0. The number of aromatic hydroxyl groups is 1. The van der Waals surface area contributed by atoms with Crippen molar-refractivity contribution in [3.8, 4) is 23.0 Å². The Labute approximate surface area is 294 Å². The lowest BCUT2D eigenvalue weighted by molar-refractivity contribution is -0.123. The van der Waals surface area contributed by atoms with E-state index in [2.05, 4.69) is 16.0 Å². The Balaban J connectivity index is 1.83. The van der Waals surface area contributed by atoms with E-state index in [9.17, 15) is 19.5 Å². The Morgan fingerprint density at radius 2 is 1.44 bits per heavy atom. The van der Waals surface area contributed by atoms with Crippen LogP contribution >= 0.6 is 0 Å². The molecule has 0 spiro atoms. The van der Waals surface area contributed by atoms with Crippen LogP contribution in [0, 0.1) is 0 Å². The van der Waals surface area contributed by atoms with Crippen molar-refractivity contribution in [2.24, 2.45) is 5.73 Å². The number of unbranched alkanes of at least 4 members (excludes halogenated alkanes) is 1. The number of hydrogen-bond donors (Lipinski definition) is 5. The number of phenols is 1. The zero-order valence-electron chi connectivity index (χ0n) is 30.2. The number of carbonyl (C=O) groups is 2. The highest BCUT2D eigenvalue weighted by molar-refractivity contribution is 5.98. The molecule has 2 aromatic carbocycles. The minimum absolute atomic E-state index is 0.0103. The third-order valence-electron chi connectivity index (χ3n) is 7.98. The van der Waals surface area contributed by atoms with Crippen LogP contribution in [0.1, 0.15) is 64.5 Å². The van der Waals surface area contributed by atoms with Crippen LogP contribution in [0.25, 0.3) is 21.9 Å². The van der Waals surface area contributed by atoms with Gasteiger partial charge in [0.15, 0.2) is 24.4 Å². The van der Waals surface area contributed by atoms with Crippen LogP contribution in [0.3, 0.4) is 0 Å². The Morgan fingerprint density at radius 1 is 0.840 bits per heavy atom. The average molecular weight is 695 g/mol. The predicted molar refractivity (Wildman–Crippen MR) is 198 cm³/mol. The number of benzene rings is 2. The highest BCUT2D eigenvalue weighted by atomic mass is 16.5. The zero-order valence-corrected chi connectivity index (χ0v) is 30.2. The maximum Gasteiger partial charge on any atom is 0.257 e. The summed E-state index contributed by atoms with van der Waals surface area (Å²) in [5.74, 6) is 0.175. The van der Waals surface area contributed by atoms with Crippen molar-refractivity contribution < 1.29 is 33.3 Å². The number of nitrogens with one attached hydrogen (secondary N) is 3. The summed E-state index contributed by atoms with van der Waals surface area (Å²) in [6.45, 7) is 12.0. The molecule has 3 aromatic rings. The second kappa shape index (κ2) is 21.0. The van der Waals surface area contributed by atoms with Crippen LogP contribution in [0.2, 0.25) is 0 Å². The first kappa shape index (κ1) is 40.0. The van der Waals surface area contributed by atoms with Crippen LogP contribution < -0.4 is 41.3 Å². The van der Waals surface area contributed by atoms with Crippen molar-refractivity contribution in [3.05, 3.63) is 56.8 Å². The number of amides is 1. The Hall–Kier alpha value is -4.39. The maximum absolute atomic E-state index is 14.2. The van der Waals surface area contributed by atoms with Gasteiger partial charge in [0.05, 0.1) is 12.5 Å². The largest absolute Gasteiger partial charge is 0.507 e. The molecule has 12 heteroatoms. The van der Waals surface area contributed by atoms with Crippen LogP contribution in [0.4, 0.5) is 0 Å². The number of methoxy groups -OCH3 is 1. The number of fused-ring (bicyclic) bond motifs is 2. The van der Waals surface area contributed by atoms with E-state index in [-0.39, 0.29) is 64.7 Å². The minimum atomic E-state index is -0.452. The standard InChI is InChI=1S/C38H54N4O8/c1-25(2)10-12-27-29(49-24-33(44)42-19-9-18-41-16-7-6-15-40-17-8-14-39)22-31-35(36(27)45)37(46)34-28(13-11-26(3)4)38(47-5)32(48-21-20-43)23-30(34)50-31/h10-11,20,22-23,40-41,45H,6-9,12-19,21,24,39H2,1-5H3,(H,42,44). The van der Waals surface area contributed by atoms with Crippen molar-refractivity contribution in [1.29, 1.82) is 0 Å². The number of rotatable bonds is 23. The van der Waals surface area contributed by atoms with Gasteiger partial charge in [0.25, 0.3) is 5.91 Å². The fourth-order valence-electron chi connectivity index (χ4n) is 5.40. The fraction of sp³-hybridized carbons (Fsp3) is 0.500. The summed E-state index contributed by atoms with van der Waals surface area (Å²) in [4.78, 5) is 38.0. The van der Waals surface area contributed by atoms with E-state index in [4.69, 9.17) is 24.4 Å². The van der Waals surface area contributed by atoms with Gasteiger partial charge in [-0.2, -0.15) is 0 Å². The molecule has 1 amide bonds. The molecule has 0 saturated carbocycles. The molecule has 0 fully saturated rings. The number of carbonyl (C=O) groups excluding carboxylic acids is 2. The quantitative estimate of drug-likeness (QED) is 0.0411. The van der Waals surface area contributed by atoms with Gasteiger partial charge in [0, 0.05) is 29.8 Å². The Morgan fingerprint density at radius 3 is 2.06 bits per heavy atom. The summed E-state index contributed by atoms with van der Waals surface area (Å²) in [6, 6.07) is 3.03. The van der Waals surface area contributed by atoms with Gasteiger partial charge >= 0.3 is 0 Å². The molecule has 1 heterocycles. The van der Waals surface area contributed by atoms with Crippen molar-refractivity contribution in [2.75, 3.05) is 59.6 Å². The molecule has 0 radical (unpaired) electrons. The summed E-state index contributed by atoms with van der Waals surface area (Å²) in [6.07, 6.45) is 8.96. The van der Waals surface area contributed by atoms with Crippen molar-refractivity contribution in [2.45, 2.75) is 66.2 Å².